The highest BCUT2D eigenvalue weighted by molar-refractivity contribution is 7.99. The summed E-state index contributed by atoms with van der Waals surface area (Å²) < 4.78 is 1.92. The van der Waals surface area contributed by atoms with Crippen LogP contribution in [0.4, 0.5) is 0 Å². The molecule has 1 unspecified atom stereocenters. The Morgan fingerprint density at radius 2 is 2.24 bits per heavy atom. The van der Waals surface area contributed by atoms with E-state index in [1.54, 1.807) is 12.3 Å². The molecule has 0 aliphatic heterocycles. The van der Waals surface area contributed by atoms with Gasteiger partial charge in [0.1, 0.15) is 0 Å². The second-order valence-corrected chi connectivity index (χ2v) is 5.06. The van der Waals surface area contributed by atoms with Gasteiger partial charge in [0, 0.05) is 30.2 Å². The van der Waals surface area contributed by atoms with Gasteiger partial charge in [0.15, 0.2) is 5.16 Å². The molecule has 0 spiro atoms. The van der Waals surface area contributed by atoms with Crippen LogP contribution in [0.25, 0.3) is 0 Å². The van der Waals surface area contributed by atoms with Gasteiger partial charge in [-0.1, -0.05) is 41.6 Å². The first-order valence-electron chi connectivity index (χ1n) is 5.21. The molecule has 3 nitrogen and oxygen atoms in total. The Morgan fingerprint density at radius 1 is 1.47 bits per heavy atom. The predicted molar refractivity (Wildman–Crippen MR) is 70.3 cm³/mol. The van der Waals surface area contributed by atoms with E-state index in [0.717, 1.165) is 10.7 Å². The molecule has 1 N–H and O–H groups in total. The number of aryl methyl sites for hydroxylation is 1. The van der Waals surface area contributed by atoms with E-state index in [-0.39, 0.29) is 0 Å². The molecule has 90 valence electrons. The lowest BCUT2D eigenvalue weighted by atomic mass is 10.1. The minimum Gasteiger partial charge on any atom is -0.387 e. The number of aliphatic hydroxyl groups excluding tert-OH is 1. The lowest BCUT2D eigenvalue weighted by Crippen LogP contribution is -2.02. The van der Waals surface area contributed by atoms with Crippen molar-refractivity contribution in [3.8, 4) is 0 Å². The summed E-state index contributed by atoms with van der Waals surface area (Å²) in [4.78, 5) is 4.19. The van der Waals surface area contributed by atoms with E-state index in [1.807, 2.05) is 36.0 Å². The Labute approximate surface area is 109 Å². The number of aromatic nitrogens is 2. The van der Waals surface area contributed by atoms with Gasteiger partial charge in [0.05, 0.1) is 6.10 Å². The van der Waals surface area contributed by atoms with Crippen LogP contribution in [0, 0.1) is 0 Å². The van der Waals surface area contributed by atoms with Crippen molar-refractivity contribution in [3.63, 3.8) is 0 Å². The zero-order valence-electron chi connectivity index (χ0n) is 9.38. The Bertz CT molecular complexity index is 501. The maximum absolute atomic E-state index is 10.0. The van der Waals surface area contributed by atoms with E-state index in [4.69, 9.17) is 11.6 Å². The maximum atomic E-state index is 10.0. The van der Waals surface area contributed by atoms with Crippen LogP contribution in [0.3, 0.4) is 0 Å². The molecule has 1 heterocycles. The molecular formula is C12H13ClN2OS. The van der Waals surface area contributed by atoms with Crippen LogP contribution in [-0.2, 0) is 7.05 Å². The van der Waals surface area contributed by atoms with Crippen LogP contribution in [0.1, 0.15) is 11.7 Å². The number of rotatable bonds is 4. The Hall–Kier alpha value is -0.970. The van der Waals surface area contributed by atoms with Gasteiger partial charge in [-0.15, -0.1) is 0 Å². The summed E-state index contributed by atoms with van der Waals surface area (Å²) in [6.07, 6.45) is 3.04. The second kappa shape index (κ2) is 5.58. The third-order valence-corrected chi connectivity index (χ3v) is 3.89. The number of imidazole rings is 1. The van der Waals surface area contributed by atoms with E-state index in [2.05, 4.69) is 4.98 Å². The van der Waals surface area contributed by atoms with Crippen LogP contribution in [0.5, 0.6) is 0 Å². The van der Waals surface area contributed by atoms with Crippen molar-refractivity contribution in [1.29, 1.82) is 0 Å². The van der Waals surface area contributed by atoms with Gasteiger partial charge in [-0.2, -0.15) is 0 Å². The topological polar surface area (TPSA) is 38.0 Å². The van der Waals surface area contributed by atoms with Crippen molar-refractivity contribution in [2.24, 2.45) is 7.05 Å². The third-order valence-electron chi connectivity index (χ3n) is 2.41. The van der Waals surface area contributed by atoms with Gasteiger partial charge >= 0.3 is 0 Å². The number of aliphatic hydroxyl groups is 1. The van der Waals surface area contributed by atoms with Crippen molar-refractivity contribution >= 4 is 23.4 Å². The molecule has 1 aromatic heterocycles. The molecule has 2 aromatic rings. The number of benzene rings is 1. The zero-order valence-corrected chi connectivity index (χ0v) is 10.9. The smallest absolute Gasteiger partial charge is 0.167 e. The lowest BCUT2D eigenvalue weighted by Gasteiger charge is -2.11. The summed E-state index contributed by atoms with van der Waals surface area (Å²) >= 11 is 7.53. The molecule has 1 atom stereocenters. The van der Waals surface area contributed by atoms with E-state index in [0.29, 0.717) is 10.8 Å². The SMILES string of the molecule is Cn1ccnc1SCC(O)c1ccccc1Cl. The zero-order chi connectivity index (χ0) is 12.3. The van der Waals surface area contributed by atoms with Crippen LogP contribution in [0.15, 0.2) is 41.8 Å². The monoisotopic (exact) mass is 268 g/mol. The van der Waals surface area contributed by atoms with E-state index in [1.165, 1.54) is 11.8 Å². The molecule has 0 radical (unpaired) electrons. The molecule has 0 amide bonds. The van der Waals surface area contributed by atoms with Crippen LogP contribution in [0.2, 0.25) is 5.02 Å². The highest BCUT2D eigenvalue weighted by Gasteiger charge is 2.12. The lowest BCUT2D eigenvalue weighted by molar-refractivity contribution is 0.204. The van der Waals surface area contributed by atoms with Crippen molar-refractivity contribution in [3.05, 3.63) is 47.2 Å². The van der Waals surface area contributed by atoms with Crippen LogP contribution < -0.4 is 0 Å². The Kier molecular flexibility index (Phi) is 4.10. The first-order chi connectivity index (χ1) is 8.18. The third kappa shape index (κ3) is 3.03. The maximum Gasteiger partial charge on any atom is 0.167 e. The van der Waals surface area contributed by atoms with Crippen molar-refractivity contribution < 1.29 is 5.11 Å². The van der Waals surface area contributed by atoms with Gasteiger partial charge in [-0.25, -0.2) is 4.98 Å². The summed E-state index contributed by atoms with van der Waals surface area (Å²) in [6, 6.07) is 7.35. The molecule has 0 aliphatic rings. The van der Waals surface area contributed by atoms with Gasteiger partial charge < -0.3 is 9.67 Å². The van der Waals surface area contributed by atoms with Gasteiger partial charge in [-0.3, -0.25) is 0 Å². The molecule has 0 fully saturated rings. The minimum atomic E-state index is -0.578. The second-order valence-electron chi connectivity index (χ2n) is 3.67. The molecule has 0 bridgehead atoms. The molecule has 0 saturated heterocycles. The molecule has 2 rings (SSSR count). The fraction of sp³-hybridized carbons (Fsp3) is 0.250. The van der Waals surface area contributed by atoms with Gasteiger partial charge in [-0.05, 0) is 11.6 Å². The molecule has 0 aliphatic carbocycles. The summed E-state index contributed by atoms with van der Waals surface area (Å²) in [7, 11) is 1.93. The molecule has 1 aromatic carbocycles. The quantitative estimate of drug-likeness (QED) is 0.867. The number of halogens is 1. The molecule has 5 heteroatoms. The Morgan fingerprint density at radius 3 is 2.88 bits per heavy atom. The first kappa shape index (κ1) is 12.5. The number of thioether (sulfide) groups is 1. The van der Waals surface area contributed by atoms with E-state index in [9.17, 15) is 5.11 Å². The highest BCUT2D eigenvalue weighted by Crippen LogP contribution is 2.27. The van der Waals surface area contributed by atoms with Gasteiger partial charge in [0.25, 0.3) is 0 Å². The minimum absolute atomic E-state index is 0.536. The number of nitrogens with zero attached hydrogens (tertiary/aromatic N) is 2. The summed E-state index contributed by atoms with van der Waals surface area (Å²) in [5.41, 5.74) is 0.760. The average molecular weight is 269 g/mol. The van der Waals surface area contributed by atoms with Crippen molar-refractivity contribution in [2.75, 3.05) is 5.75 Å². The van der Waals surface area contributed by atoms with E-state index >= 15 is 0 Å². The largest absolute Gasteiger partial charge is 0.387 e. The fourth-order valence-corrected chi connectivity index (χ4v) is 2.63. The number of hydrogen-bond donors (Lipinski definition) is 1. The summed E-state index contributed by atoms with van der Waals surface area (Å²) in [6.45, 7) is 0. The molecular weight excluding hydrogens is 256 g/mol. The summed E-state index contributed by atoms with van der Waals surface area (Å²) in [5, 5.41) is 11.5. The molecule has 17 heavy (non-hydrogen) atoms. The van der Waals surface area contributed by atoms with E-state index < -0.39 is 6.10 Å². The fourth-order valence-electron chi connectivity index (χ4n) is 1.48. The Balaban J connectivity index is 2.01. The number of hydrogen-bond acceptors (Lipinski definition) is 3. The predicted octanol–water partition coefficient (Wildman–Crippen LogP) is 2.90. The molecule has 0 saturated carbocycles. The van der Waals surface area contributed by atoms with Crippen LogP contribution in [-0.4, -0.2) is 20.4 Å². The normalized spacial score (nSPS) is 12.6. The van der Waals surface area contributed by atoms with Crippen molar-refractivity contribution in [2.45, 2.75) is 11.3 Å². The summed E-state index contributed by atoms with van der Waals surface area (Å²) in [5.74, 6) is 0.536. The average Bonchev–Trinajstić information content (AvgIpc) is 2.72. The van der Waals surface area contributed by atoms with Gasteiger partial charge in [0.2, 0.25) is 0 Å². The van der Waals surface area contributed by atoms with Crippen LogP contribution >= 0.6 is 23.4 Å². The standard InChI is InChI=1S/C12H13ClN2OS/c1-15-7-6-14-12(15)17-8-11(16)9-4-2-3-5-10(9)13/h2-7,11,16H,8H2,1H3. The first-order valence-corrected chi connectivity index (χ1v) is 6.57. The van der Waals surface area contributed by atoms with Crippen molar-refractivity contribution in [1.82, 2.24) is 9.55 Å². The highest BCUT2D eigenvalue weighted by atomic mass is 35.5.